The van der Waals surface area contributed by atoms with Crippen molar-refractivity contribution in [2.24, 2.45) is 0 Å². The molecule has 1 aromatic carbocycles. The molecule has 0 radical (unpaired) electrons. The van der Waals surface area contributed by atoms with E-state index in [0.717, 1.165) is 17.0 Å². The van der Waals surface area contributed by atoms with Crippen molar-refractivity contribution in [3.8, 4) is 0 Å². The molecule has 1 saturated heterocycles. The number of carbonyl (C=O) groups is 2. The zero-order valence-corrected chi connectivity index (χ0v) is 18.7. The molecular formula is C23H32N4O3. The van der Waals surface area contributed by atoms with E-state index >= 15 is 0 Å². The maximum atomic E-state index is 13.0. The van der Waals surface area contributed by atoms with Gasteiger partial charge in [-0.15, -0.1) is 0 Å². The monoisotopic (exact) mass is 412 g/mol. The number of hydrogen-bond acceptors (Lipinski definition) is 4. The molecule has 7 nitrogen and oxygen atoms in total. The largest absolute Gasteiger partial charge is 0.444 e. The van der Waals surface area contributed by atoms with Gasteiger partial charge in [-0.1, -0.05) is 30.3 Å². The number of rotatable bonds is 4. The summed E-state index contributed by atoms with van der Waals surface area (Å²) in [6, 6.07) is 11.3. The zero-order chi connectivity index (χ0) is 22.1. The van der Waals surface area contributed by atoms with Crippen LogP contribution in [-0.2, 0) is 9.53 Å². The first-order chi connectivity index (χ1) is 14.0. The molecule has 0 unspecified atom stereocenters. The number of likely N-dealkylation sites (tertiary alicyclic amines) is 1. The number of aryl methyl sites for hydroxylation is 2. The van der Waals surface area contributed by atoms with Crippen LogP contribution < -0.4 is 5.32 Å². The molecule has 2 amide bonds. The van der Waals surface area contributed by atoms with E-state index in [0.29, 0.717) is 13.1 Å². The Bertz CT molecular complexity index is 901. The normalized spacial score (nSPS) is 20.1. The molecule has 0 spiro atoms. The average molecular weight is 413 g/mol. The van der Waals surface area contributed by atoms with Crippen LogP contribution in [0.25, 0.3) is 0 Å². The number of hydrogen-bond donors (Lipinski definition) is 1. The molecule has 1 aliphatic heterocycles. The Hall–Kier alpha value is -2.83. The van der Waals surface area contributed by atoms with Crippen LogP contribution >= 0.6 is 0 Å². The minimum absolute atomic E-state index is 0.00433. The molecule has 30 heavy (non-hydrogen) atoms. The summed E-state index contributed by atoms with van der Waals surface area (Å²) in [5.74, 6) is -0.117. The summed E-state index contributed by atoms with van der Waals surface area (Å²) in [6.07, 6.45) is -0.355. The van der Waals surface area contributed by atoms with Crippen LogP contribution in [0.15, 0.2) is 36.4 Å². The molecule has 1 N–H and O–H groups in total. The van der Waals surface area contributed by atoms with Crippen molar-refractivity contribution in [2.45, 2.75) is 65.1 Å². The molecule has 7 heteroatoms. The first-order valence-electron chi connectivity index (χ1n) is 10.4. The molecule has 1 aliphatic rings. The van der Waals surface area contributed by atoms with E-state index in [9.17, 15) is 9.59 Å². The quantitative estimate of drug-likeness (QED) is 0.833. The van der Waals surface area contributed by atoms with Gasteiger partial charge in [-0.2, -0.15) is 5.10 Å². The lowest BCUT2D eigenvalue weighted by Gasteiger charge is -2.24. The van der Waals surface area contributed by atoms with Crippen LogP contribution in [-0.4, -0.2) is 51.4 Å². The van der Waals surface area contributed by atoms with E-state index in [1.807, 2.05) is 77.9 Å². The minimum atomic E-state index is -0.565. The van der Waals surface area contributed by atoms with Crippen LogP contribution in [0.5, 0.6) is 0 Å². The summed E-state index contributed by atoms with van der Waals surface area (Å²) in [5, 5.41) is 7.60. The second kappa shape index (κ2) is 8.50. The molecule has 0 saturated carbocycles. The predicted molar refractivity (Wildman–Crippen MR) is 115 cm³/mol. The molecule has 3 atom stereocenters. The standard InChI is InChI=1S/C23H32N4O3/c1-15-12-16(2)27(25-15)17(3)21(28)24-20-14-26(22(29)30-23(4,5)6)13-19(20)18-10-8-7-9-11-18/h7-12,17,19-20H,13-14H2,1-6H3,(H,24,28)/t17-,19-,20+/m0/s1. The van der Waals surface area contributed by atoms with Gasteiger partial charge in [0.05, 0.1) is 11.7 Å². The van der Waals surface area contributed by atoms with Gasteiger partial charge in [-0.05, 0) is 53.2 Å². The SMILES string of the molecule is Cc1cc(C)n([C@@H](C)C(=O)N[C@@H]2CN(C(=O)OC(C)(C)C)C[C@H]2c2ccccc2)n1. The Labute approximate surface area is 178 Å². The Morgan fingerprint density at radius 1 is 1.17 bits per heavy atom. The highest BCUT2D eigenvalue weighted by Gasteiger charge is 2.39. The lowest BCUT2D eigenvalue weighted by atomic mass is 9.94. The third-order valence-corrected chi connectivity index (χ3v) is 5.32. The number of benzene rings is 1. The Kier molecular flexibility index (Phi) is 6.19. The molecule has 162 valence electrons. The first-order valence-corrected chi connectivity index (χ1v) is 10.4. The maximum Gasteiger partial charge on any atom is 0.410 e. The van der Waals surface area contributed by atoms with Gasteiger partial charge < -0.3 is 15.0 Å². The molecule has 0 bridgehead atoms. The van der Waals surface area contributed by atoms with Gasteiger partial charge in [0, 0.05) is 24.7 Å². The van der Waals surface area contributed by atoms with E-state index in [1.165, 1.54) is 0 Å². The summed E-state index contributed by atoms with van der Waals surface area (Å²) < 4.78 is 7.29. The first kappa shape index (κ1) is 21.9. The van der Waals surface area contributed by atoms with Crippen molar-refractivity contribution in [1.29, 1.82) is 0 Å². The van der Waals surface area contributed by atoms with E-state index < -0.39 is 11.6 Å². The van der Waals surface area contributed by atoms with Gasteiger partial charge in [-0.3, -0.25) is 9.48 Å². The molecule has 1 fully saturated rings. The fourth-order valence-electron chi connectivity index (χ4n) is 3.92. The van der Waals surface area contributed by atoms with Crippen molar-refractivity contribution >= 4 is 12.0 Å². The van der Waals surface area contributed by atoms with Gasteiger partial charge in [-0.25, -0.2) is 4.79 Å². The minimum Gasteiger partial charge on any atom is -0.444 e. The number of carbonyl (C=O) groups excluding carboxylic acids is 2. The molecule has 1 aromatic heterocycles. The van der Waals surface area contributed by atoms with Gasteiger partial charge in [0.1, 0.15) is 11.6 Å². The Balaban J connectivity index is 1.78. The van der Waals surface area contributed by atoms with Gasteiger partial charge in [0.2, 0.25) is 5.91 Å². The Morgan fingerprint density at radius 2 is 1.83 bits per heavy atom. The number of amides is 2. The number of aromatic nitrogens is 2. The number of ether oxygens (including phenoxy) is 1. The predicted octanol–water partition coefficient (Wildman–Crippen LogP) is 3.58. The highest BCUT2D eigenvalue weighted by molar-refractivity contribution is 5.80. The van der Waals surface area contributed by atoms with E-state index in [1.54, 1.807) is 9.58 Å². The van der Waals surface area contributed by atoms with Crippen LogP contribution in [0.2, 0.25) is 0 Å². The smallest absolute Gasteiger partial charge is 0.410 e. The zero-order valence-electron chi connectivity index (χ0n) is 18.7. The second-order valence-corrected chi connectivity index (χ2v) is 9.07. The topological polar surface area (TPSA) is 76.5 Å². The van der Waals surface area contributed by atoms with Gasteiger partial charge in [0.25, 0.3) is 0 Å². The lowest BCUT2D eigenvalue weighted by Crippen LogP contribution is -2.44. The number of nitrogens with zero attached hydrogens (tertiary/aromatic N) is 3. The molecule has 3 rings (SSSR count). The molecule has 2 heterocycles. The highest BCUT2D eigenvalue weighted by Crippen LogP contribution is 2.29. The number of nitrogens with one attached hydrogen (secondary N) is 1. The van der Waals surface area contributed by atoms with Crippen molar-refractivity contribution in [3.05, 3.63) is 53.3 Å². The fourth-order valence-corrected chi connectivity index (χ4v) is 3.92. The average Bonchev–Trinajstić information content (AvgIpc) is 3.23. The molecular weight excluding hydrogens is 380 g/mol. The van der Waals surface area contributed by atoms with Gasteiger partial charge >= 0.3 is 6.09 Å². The summed E-state index contributed by atoms with van der Waals surface area (Å²) >= 11 is 0. The summed E-state index contributed by atoms with van der Waals surface area (Å²) in [6.45, 7) is 12.2. The summed E-state index contributed by atoms with van der Waals surface area (Å²) in [4.78, 5) is 27.4. The molecule has 0 aliphatic carbocycles. The Morgan fingerprint density at radius 3 is 2.40 bits per heavy atom. The third kappa shape index (κ3) is 5.01. The lowest BCUT2D eigenvalue weighted by molar-refractivity contribution is -0.124. The molecule has 2 aromatic rings. The van der Waals surface area contributed by atoms with Crippen LogP contribution in [0.4, 0.5) is 4.79 Å². The van der Waals surface area contributed by atoms with Crippen LogP contribution in [0.1, 0.15) is 56.6 Å². The van der Waals surface area contributed by atoms with Crippen LogP contribution in [0.3, 0.4) is 0 Å². The summed E-state index contributed by atoms with van der Waals surface area (Å²) in [7, 11) is 0. The van der Waals surface area contributed by atoms with E-state index in [-0.39, 0.29) is 24.0 Å². The maximum absolute atomic E-state index is 13.0. The van der Waals surface area contributed by atoms with Crippen molar-refractivity contribution in [1.82, 2.24) is 20.0 Å². The highest BCUT2D eigenvalue weighted by atomic mass is 16.6. The van der Waals surface area contributed by atoms with E-state index in [4.69, 9.17) is 4.74 Å². The second-order valence-electron chi connectivity index (χ2n) is 9.07. The van der Waals surface area contributed by atoms with Gasteiger partial charge in [0.15, 0.2) is 0 Å². The third-order valence-electron chi connectivity index (χ3n) is 5.32. The summed E-state index contributed by atoms with van der Waals surface area (Å²) in [5.41, 5.74) is 2.35. The fraction of sp³-hybridized carbons (Fsp3) is 0.522. The van der Waals surface area contributed by atoms with Crippen molar-refractivity contribution in [2.75, 3.05) is 13.1 Å². The van der Waals surface area contributed by atoms with Crippen molar-refractivity contribution < 1.29 is 14.3 Å². The van der Waals surface area contributed by atoms with Crippen LogP contribution in [0, 0.1) is 13.8 Å². The van der Waals surface area contributed by atoms with Crippen molar-refractivity contribution in [3.63, 3.8) is 0 Å². The van der Waals surface area contributed by atoms with E-state index in [2.05, 4.69) is 10.4 Å².